The third-order valence-corrected chi connectivity index (χ3v) is 4.92. The van der Waals surface area contributed by atoms with E-state index in [2.05, 4.69) is 22.0 Å². The smallest absolute Gasteiger partial charge is 0.269 e. The summed E-state index contributed by atoms with van der Waals surface area (Å²) in [6.45, 7) is 2.75. The molecule has 6 nitrogen and oxygen atoms in total. The van der Waals surface area contributed by atoms with E-state index in [1.54, 1.807) is 24.3 Å². The predicted molar refractivity (Wildman–Crippen MR) is 123 cm³/mol. The fourth-order valence-electron chi connectivity index (χ4n) is 2.85. The van der Waals surface area contributed by atoms with Gasteiger partial charge in [-0.05, 0) is 66.1 Å². The van der Waals surface area contributed by atoms with Crippen LogP contribution in [0.15, 0.2) is 71.2 Å². The Bertz CT molecular complexity index is 1130. The summed E-state index contributed by atoms with van der Waals surface area (Å²) >= 11 is 3.41. The normalized spacial score (nSPS) is 10.9. The highest BCUT2D eigenvalue weighted by Gasteiger charge is 2.10. The van der Waals surface area contributed by atoms with E-state index in [4.69, 9.17) is 9.47 Å². The molecule has 0 N–H and O–H groups in total. The van der Waals surface area contributed by atoms with E-state index in [1.165, 1.54) is 12.1 Å². The Kier molecular flexibility index (Phi) is 7.41. The molecule has 0 heterocycles. The van der Waals surface area contributed by atoms with Gasteiger partial charge in [-0.3, -0.25) is 10.1 Å². The Balaban J connectivity index is 1.83. The van der Waals surface area contributed by atoms with Crippen LogP contribution in [0.4, 0.5) is 5.69 Å². The molecule has 0 aliphatic rings. The third-order valence-electron chi connectivity index (χ3n) is 4.40. The molecule has 3 rings (SSSR count). The molecule has 0 fully saturated rings. The van der Waals surface area contributed by atoms with E-state index in [0.717, 1.165) is 15.6 Å². The van der Waals surface area contributed by atoms with Gasteiger partial charge in [-0.1, -0.05) is 34.1 Å². The van der Waals surface area contributed by atoms with Gasteiger partial charge < -0.3 is 9.47 Å². The van der Waals surface area contributed by atoms with E-state index in [0.29, 0.717) is 35.8 Å². The third kappa shape index (κ3) is 5.93. The van der Waals surface area contributed by atoms with Gasteiger partial charge in [0.2, 0.25) is 0 Å². The molecule has 0 amide bonds. The van der Waals surface area contributed by atoms with Crippen LogP contribution in [0, 0.1) is 21.4 Å². The molecule has 0 spiro atoms. The number of benzene rings is 3. The first-order valence-electron chi connectivity index (χ1n) is 9.51. The molecule has 0 saturated heterocycles. The van der Waals surface area contributed by atoms with Crippen molar-refractivity contribution >= 4 is 33.3 Å². The second-order valence-electron chi connectivity index (χ2n) is 6.53. The summed E-state index contributed by atoms with van der Waals surface area (Å²) in [5.74, 6) is 1.19. The molecule has 0 bridgehead atoms. The first kappa shape index (κ1) is 22.1. The van der Waals surface area contributed by atoms with Gasteiger partial charge in [-0.15, -0.1) is 0 Å². The van der Waals surface area contributed by atoms with Crippen LogP contribution in [-0.2, 0) is 6.61 Å². The lowest BCUT2D eigenvalue weighted by atomic mass is 10.0. The first-order valence-corrected chi connectivity index (χ1v) is 10.3. The Morgan fingerprint density at radius 2 is 1.77 bits per heavy atom. The lowest BCUT2D eigenvalue weighted by Crippen LogP contribution is -2.00. The molecule has 0 atom stereocenters. The summed E-state index contributed by atoms with van der Waals surface area (Å²) < 4.78 is 12.7. The largest absolute Gasteiger partial charge is 0.490 e. The number of nitro benzene ring substituents is 1. The van der Waals surface area contributed by atoms with Gasteiger partial charge in [0.15, 0.2) is 11.5 Å². The van der Waals surface area contributed by atoms with Gasteiger partial charge in [0.05, 0.1) is 23.2 Å². The van der Waals surface area contributed by atoms with Crippen LogP contribution < -0.4 is 9.47 Å². The number of hydrogen-bond donors (Lipinski definition) is 0. The van der Waals surface area contributed by atoms with Crippen molar-refractivity contribution in [3.63, 3.8) is 0 Å². The van der Waals surface area contributed by atoms with Crippen LogP contribution in [0.1, 0.15) is 23.6 Å². The van der Waals surface area contributed by atoms with Crippen molar-refractivity contribution in [1.29, 1.82) is 5.26 Å². The molecule has 0 aliphatic heterocycles. The number of nitrogens with zero attached hydrogens (tertiary/aromatic N) is 2. The average Bonchev–Trinajstić information content (AvgIpc) is 2.78. The van der Waals surface area contributed by atoms with Crippen LogP contribution in [0.3, 0.4) is 0 Å². The lowest BCUT2D eigenvalue weighted by molar-refractivity contribution is -0.384. The zero-order valence-electron chi connectivity index (χ0n) is 16.7. The van der Waals surface area contributed by atoms with E-state index in [-0.39, 0.29) is 5.69 Å². The maximum atomic E-state index is 10.8. The Morgan fingerprint density at radius 3 is 2.39 bits per heavy atom. The van der Waals surface area contributed by atoms with Gasteiger partial charge in [-0.25, -0.2) is 0 Å². The number of hydrogen-bond acceptors (Lipinski definition) is 5. The van der Waals surface area contributed by atoms with Gasteiger partial charge in [-0.2, -0.15) is 5.26 Å². The highest BCUT2D eigenvalue weighted by molar-refractivity contribution is 9.10. The summed E-state index contributed by atoms with van der Waals surface area (Å²) in [6, 6.07) is 21.3. The van der Waals surface area contributed by atoms with Crippen LogP contribution in [0.2, 0.25) is 0 Å². The highest BCUT2D eigenvalue weighted by Crippen LogP contribution is 2.31. The average molecular weight is 479 g/mol. The quantitative estimate of drug-likeness (QED) is 0.162. The minimum Gasteiger partial charge on any atom is -0.490 e. The lowest BCUT2D eigenvalue weighted by Gasteiger charge is -2.13. The fraction of sp³-hybridized carbons (Fsp3) is 0.125. The van der Waals surface area contributed by atoms with Crippen LogP contribution in [0.5, 0.6) is 11.5 Å². The molecular weight excluding hydrogens is 460 g/mol. The van der Waals surface area contributed by atoms with Crippen molar-refractivity contribution in [2.45, 2.75) is 13.5 Å². The zero-order valence-corrected chi connectivity index (χ0v) is 18.3. The SMILES string of the molecule is CCOc1cc(C=C(C#N)c2ccc([N+](=O)[O-])cc2)ccc1OCc1ccc(Br)cc1. The monoisotopic (exact) mass is 478 g/mol. The zero-order chi connectivity index (χ0) is 22.2. The summed E-state index contributed by atoms with van der Waals surface area (Å²) in [5, 5.41) is 20.4. The molecule has 31 heavy (non-hydrogen) atoms. The van der Waals surface area contributed by atoms with Crippen molar-refractivity contribution in [3.05, 3.63) is 98.0 Å². The molecule has 0 aliphatic carbocycles. The standard InChI is InChI=1S/C24H19BrN2O4/c1-2-30-24-14-18(5-12-23(24)31-16-17-3-8-21(25)9-4-17)13-20(15-26)19-6-10-22(11-7-19)27(28)29/h3-14H,2,16H2,1H3. The first-order chi connectivity index (χ1) is 15.0. The van der Waals surface area contributed by atoms with Crippen molar-refractivity contribution in [2.24, 2.45) is 0 Å². The van der Waals surface area contributed by atoms with Crippen molar-refractivity contribution in [3.8, 4) is 17.6 Å². The van der Waals surface area contributed by atoms with Crippen molar-refractivity contribution in [2.75, 3.05) is 6.61 Å². The van der Waals surface area contributed by atoms with Crippen LogP contribution in [-0.4, -0.2) is 11.5 Å². The summed E-state index contributed by atoms with van der Waals surface area (Å²) in [4.78, 5) is 10.4. The number of non-ortho nitro benzene ring substituents is 1. The van der Waals surface area contributed by atoms with Gasteiger partial charge in [0.1, 0.15) is 6.61 Å². The van der Waals surface area contributed by atoms with Gasteiger partial charge >= 0.3 is 0 Å². The van der Waals surface area contributed by atoms with E-state index >= 15 is 0 Å². The number of nitro groups is 1. The van der Waals surface area contributed by atoms with E-state index in [9.17, 15) is 15.4 Å². The van der Waals surface area contributed by atoms with Gasteiger partial charge in [0.25, 0.3) is 5.69 Å². The molecular formula is C24H19BrN2O4. The minimum absolute atomic E-state index is 0.0213. The maximum absolute atomic E-state index is 10.8. The molecule has 0 saturated carbocycles. The Labute approximate surface area is 188 Å². The summed E-state index contributed by atoms with van der Waals surface area (Å²) in [7, 11) is 0. The van der Waals surface area contributed by atoms with Gasteiger partial charge in [0, 0.05) is 16.6 Å². The second-order valence-corrected chi connectivity index (χ2v) is 7.44. The topological polar surface area (TPSA) is 85.4 Å². The molecule has 0 aromatic heterocycles. The Hall–Kier alpha value is -3.63. The number of ether oxygens (including phenoxy) is 2. The number of allylic oxidation sites excluding steroid dienone is 1. The number of nitriles is 1. The molecule has 156 valence electrons. The second kappa shape index (κ2) is 10.4. The Morgan fingerprint density at radius 1 is 1.06 bits per heavy atom. The van der Waals surface area contributed by atoms with Crippen LogP contribution in [0.25, 0.3) is 11.6 Å². The minimum atomic E-state index is -0.471. The van der Waals surface area contributed by atoms with Crippen LogP contribution >= 0.6 is 15.9 Å². The highest BCUT2D eigenvalue weighted by atomic mass is 79.9. The summed E-state index contributed by atoms with van der Waals surface area (Å²) in [6.07, 6.45) is 1.71. The van der Waals surface area contributed by atoms with E-state index < -0.39 is 4.92 Å². The molecule has 0 unspecified atom stereocenters. The fourth-order valence-corrected chi connectivity index (χ4v) is 3.12. The van der Waals surface area contributed by atoms with Crippen molar-refractivity contribution in [1.82, 2.24) is 0 Å². The van der Waals surface area contributed by atoms with E-state index in [1.807, 2.05) is 43.3 Å². The molecule has 3 aromatic rings. The predicted octanol–water partition coefficient (Wildman–Crippen LogP) is 6.40. The molecule has 7 heteroatoms. The van der Waals surface area contributed by atoms with Crippen molar-refractivity contribution < 1.29 is 14.4 Å². The number of halogens is 1. The maximum Gasteiger partial charge on any atom is 0.269 e. The number of rotatable bonds is 8. The molecule has 0 radical (unpaired) electrons. The molecule has 3 aromatic carbocycles. The summed E-state index contributed by atoms with van der Waals surface area (Å²) in [5.41, 5.74) is 2.75.